The Hall–Kier alpha value is -2.98. The predicted molar refractivity (Wildman–Crippen MR) is 116 cm³/mol. The lowest BCUT2D eigenvalue weighted by atomic mass is 9.87. The molecule has 0 amide bonds. The van der Waals surface area contributed by atoms with Crippen LogP contribution in [0, 0.1) is 5.82 Å². The molecule has 4 rings (SSSR count). The molecule has 3 nitrogen and oxygen atoms in total. The topological polar surface area (TPSA) is 29.5 Å². The molecule has 0 aromatic heterocycles. The zero-order chi connectivity index (χ0) is 21.1. The molecule has 0 saturated heterocycles. The van der Waals surface area contributed by atoms with Crippen LogP contribution in [-0.4, -0.2) is 23.5 Å². The highest BCUT2D eigenvalue weighted by molar-refractivity contribution is 5.91. The van der Waals surface area contributed by atoms with Crippen molar-refractivity contribution >= 4 is 5.97 Å². The molecule has 0 radical (unpaired) electrons. The normalized spacial score (nSPS) is 16.3. The summed E-state index contributed by atoms with van der Waals surface area (Å²) in [5, 5.41) is 0. The quantitative estimate of drug-likeness (QED) is 0.524. The minimum atomic E-state index is -0.295. The zero-order valence-corrected chi connectivity index (χ0v) is 17.3. The Morgan fingerprint density at radius 3 is 2.50 bits per heavy atom. The minimum Gasteiger partial charge on any atom is -0.459 e. The van der Waals surface area contributed by atoms with Gasteiger partial charge in [-0.1, -0.05) is 54.6 Å². The molecule has 154 valence electrons. The number of fused-ring (bicyclic) bond motifs is 1. The van der Waals surface area contributed by atoms with E-state index in [9.17, 15) is 9.18 Å². The molecule has 4 heteroatoms. The highest BCUT2D eigenvalue weighted by Gasteiger charge is 2.29. The molecule has 0 fully saturated rings. The summed E-state index contributed by atoms with van der Waals surface area (Å²) < 4.78 is 19.0. The molecule has 1 aliphatic heterocycles. The maximum atomic E-state index is 13.6. The zero-order valence-electron chi connectivity index (χ0n) is 17.3. The highest BCUT2D eigenvalue weighted by Crippen LogP contribution is 2.36. The smallest absolute Gasteiger partial charge is 0.338 e. The molecular weight excluding hydrogens is 377 g/mol. The van der Waals surface area contributed by atoms with Gasteiger partial charge in [0.2, 0.25) is 0 Å². The monoisotopic (exact) mass is 403 g/mol. The van der Waals surface area contributed by atoms with Gasteiger partial charge in [-0.25, -0.2) is 9.18 Å². The van der Waals surface area contributed by atoms with Crippen LogP contribution in [0.25, 0.3) is 0 Å². The number of hydrogen-bond acceptors (Lipinski definition) is 3. The second-order valence-electron chi connectivity index (χ2n) is 7.98. The standard InChI is InChI=1S/C26H26FNO2/c1-18(2)30-26(29)24-10-6-4-8-21(24)17-28-16-15-19-7-3-5-9-23(19)25(28)20-11-13-22(27)14-12-20/h3-14,18,25H,15-17H2,1-2H3. The van der Waals surface area contributed by atoms with Gasteiger partial charge in [0.1, 0.15) is 5.82 Å². The first-order valence-corrected chi connectivity index (χ1v) is 10.4. The third kappa shape index (κ3) is 4.29. The van der Waals surface area contributed by atoms with Crippen LogP contribution in [0.3, 0.4) is 0 Å². The lowest BCUT2D eigenvalue weighted by Gasteiger charge is -2.38. The van der Waals surface area contributed by atoms with Gasteiger partial charge in [0, 0.05) is 13.1 Å². The summed E-state index contributed by atoms with van der Waals surface area (Å²) in [6.07, 6.45) is 0.770. The molecule has 0 saturated carbocycles. The van der Waals surface area contributed by atoms with Gasteiger partial charge in [0.05, 0.1) is 17.7 Å². The van der Waals surface area contributed by atoms with Crippen molar-refractivity contribution in [2.24, 2.45) is 0 Å². The first kappa shape index (κ1) is 20.3. The molecular formula is C26H26FNO2. The number of hydrogen-bond donors (Lipinski definition) is 0. The molecule has 1 heterocycles. The SMILES string of the molecule is CC(C)OC(=O)c1ccccc1CN1CCc2ccccc2C1c1ccc(F)cc1. The van der Waals surface area contributed by atoms with E-state index >= 15 is 0 Å². The first-order chi connectivity index (χ1) is 14.5. The van der Waals surface area contributed by atoms with Crippen LogP contribution in [0.2, 0.25) is 0 Å². The Labute approximate surface area is 177 Å². The number of ether oxygens (including phenoxy) is 1. The van der Waals surface area contributed by atoms with Gasteiger partial charge in [-0.15, -0.1) is 0 Å². The summed E-state index contributed by atoms with van der Waals surface area (Å²) in [5.74, 6) is -0.535. The van der Waals surface area contributed by atoms with Gasteiger partial charge in [0.25, 0.3) is 0 Å². The van der Waals surface area contributed by atoms with E-state index in [1.807, 2.05) is 56.3 Å². The number of esters is 1. The van der Waals surface area contributed by atoms with Gasteiger partial charge >= 0.3 is 5.97 Å². The number of carbonyl (C=O) groups excluding carboxylic acids is 1. The van der Waals surface area contributed by atoms with Gasteiger partial charge in [-0.05, 0) is 60.7 Å². The average Bonchev–Trinajstić information content (AvgIpc) is 2.74. The van der Waals surface area contributed by atoms with Crippen LogP contribution in [0.15, 0.2) is 72.8 Å². The average molecular weight is 403 g/mol. The lowest BCUT2D eigenvalue weighted by molar-refractivity contribution is 0.0375. The summed E-state index contributed by atoms with van der Waals surface area (Å²) in [6.45, 7) is 5.17. The van der Waals surface area contributed by atoms with Crippen molar-refractivity contribution in [3.05, 3.63) is 106 Å². The van der Waals surface area contributed by atoms with Crippen molar-refractivity contribution in [1.29, 1.82) is 0 Å². The number of nitrogens with zero attached hydrogens (tertiary/aromatic N) is 1. The molecule has 0 N–H and O–H groups in total. The van der Waals surface area contributed by atoms with E-state index in [1.165, 1.54) is 23.3 Å². The molecule has 0 aliphatic carbocycles. The Kier molecular flexibility index (Phi) is 5.96. The summed E-state index contributed by atoms with van der Waals surface area (Å²) in [7, 11) is 0. The van der Waals surface area contributed by atoms with Crippen molar-refractivity contribution in [1.82, 2.24) is 4.90 Å². The summed E-state index contributed by atoms with van der Waals surface area (Å²) in [4.78, 5) is 15.0. The van der Waals surface area contributed by atoms with Crippen LogP contribution in [0.5, 0.6) is 0 Å². The summed E-state index contributed by atoms with van der Waals surface area (Å²) in [6, 6.07) is 22.8. The minimum absolute atomic E-state index is 0.00438. The van der Waals surface area contributed by atoms with E-state index in [2.05, 4.69) is 23.1 Å². The van der Waals surface area contributed by atoms with Gasteiger partial charge in [0.15, 0.2) is 0 Å². The molecule has 1 atom stereocenters. The Balaban J connectivity index is 1.70. The van der Waals surface area contributed by atoms with Crippen molar-refractivity contribution in [2.45, 2.75) is 39.0 Å². The van der Waals surface area contributed by atoms with Crippen LogP contribution in [-0.2, 0) is 17.7 Å². The fourth-order valence-electron chi connectivity index (χ4n) is 4.18. The Bertz CT molecular complexity index is 1030. The second-order valence-corrected chi connectivity index (χ2v) is 7.98. The number of carbonyl (C=O) groups is 1. The molecule has 0 bridgehead atoms. The highest BCUT2D eigenvalue weighted by atomic mass is 19.1. The van der Waals surface area contributed by atoms with Gasteiger partial charge in [-0.2, -0.15) is 0 Å². The number of halogens is 1. The van der Waals surface area contributed by atoms with Crippen LogP contribution in [0.1, 0.15) is 52.5 Å². The van der Waals surface area contributed by atoms with Crippen LogP contribution < -0.4 is 0 Å². The fraction of sp³-hybridized carbons (Fsp3) is 0.269. The maximum Gasteiger partial charge on any atom is 0.338 e. The third-order valence-corrected chi connectivity index (χ3v) is 5.52. The van der Waals surface area contributed by atoms with Crippen molar-refractivity contribution in [3.8, 4) is 0 Å². The van der Waals surface area contributed by atoms with Crippen molar-refractivity contribution in [3.63, 3.8) is 0 Å². The molecule has 0 spiro atoms. The fourth-order valence-corrected chi connectivity index (χ4v) is 4.18. The summed E-state index contributed by atoms with van der Waals surface area (Å²) >= 11 is 0. The lowest BCUT2D eigenvalue weighted by Crippen LogP contribution is -2.36. The number of rotatable bonds is 5. The van der Waals surface area contributed by atoms with Gasteiger partial charge in [-0.3, -0.25) is 4.90 Å². The molecule has 1 aliphatic rings. The molecule has 3 aromatic carbocycles. The summed E-state index contributed by atoms with van der Waals surface area (Å²) in [5.41, 5.74) is 5.14. The van der Waals surface area contributed by atoms with E-state index < -0.39 is 0 Å². The van der Waals surface area contributed by atoms with E-state index in [0.29, 0.717) is 12.1 Å². The van der Waals surface area contributed by atoms with Crippen molar-refractivity contribution in [2.75, 3.05) is 6.54 Å². The molecule has 1 unspecified atom stereocenters. The largest absolute Gasteiger partial charge is 0.459 e. The Morgan fingerprint density at radius 2 is 1.73 bits per heavy atom. The molecule has 30 heavy (non-hydrogen) atoms. The van der Waals surface area contributed by atoms with Crippen molar-refractivity contribution < 1.29 is 13.9 Å². The van der Waals surface area contributed by atoms with E-state index in [1.54, 1.807) is 0 Å². The van der Waals surface area contributed by atoms with E-state index in [0.717, 1.165) is 24.1 Å². The Morgan fingerprint density at radius 1 is 1.03 bits per heavy atom. The van der Waals surface area contributed by atoms with E-state index in [4.69, 9.17) is 4.74 Å². The number of benzene rings is 3. The predicted octanol–water partition coefficient (Wildman–Crippen LogP) is 5.54. The maximum absolute atomic E-state index is 13.6. The second kappa shape index (κ2) is 8.80. The molecule has 3 aromatic rings. The third-order valence-electron chi connectivity index (χ3n) is 5.52. The van der Waals surface area contributed by atoms with Crippen LogP contribution >= 0.6 is 0 Å². The van der Waals surface area contributed by atoms with E-state index in [-0.39, 0.29) is 23.9 Å². The van der Waals surface area contributed by atoms with Gasteiger partial charge < -0.3 is 4.74 Å². The first-order valence-electron chi connectivity index (χ1n) is 10.4. The van der Waals surface area contributed by atoms with Crippen LogP contribution in [0.4, 0.5) is 4.39 Å².